The Hall–Kier alpha value is -0.980. The molecule has 1 nitrogen and oxygen atoms in total. The smallest absolute Gasteiger partial charge is 0.115 e. The van der Waals surface area contributed by atoms with Gasteiger partial charge in [-0.2, -0.15) is 0 Å². The van der Waals surface area contributed by atoms with Gasteiger partial charge in [0.2, 0.25) is 0 Å². The maximum absolute atomic E-state index is 9.83. The first-order valence-corrected chi connectivity index (χ1v) is 10.9. The van der Waals surface area contributed by atoms with E-state index in [4.69, 9.17) is 0 Å². The molecule has 0 radical (unpaired) electrons. The number of phenolic OH excluding ortho intramolecular Hbond substituents is 1. The van der Waals surface area contributed by atoms with Crippen molar-refractivity contribution in [3.05, 3.63) is 29.8 Å². The zero-order chi connectivity index (χ0) is 17.3. The third kappa shape index (κ3) is 3.02. The molecule has 1 N–H and O–H groups in total. The van der Waals surface area contributed by atoms with Crippen molar-refractivity contribution >= 4 is 0 Å². The molecule has 1 unspecified atom stereocenters. The van der Waals surface area contributed by atoms with Crippen molar-refractivity contribution in [1.82, 2.24) is 0 Å². The van der Waals surface area contributed by atoms with Crippen LogP contribution in [0.5, 0.6) is 5.75 Å². The van der Waals surface area contributed by atoms with E-state index in [9.17, 15) is 5.11 Å². The summed E-state index contributed by atoms with van der Waals surface area (Å²) in [5, 5.41) is 9.83. The lowest BCUT2D eigenvalue weighted by molar-refractivity contribution is -0.0244. The summed E-state index contributed by atoms with van der Waals surface area (Å²) in [5.41, 5.74) is 2.55. The van der Waals surface area contributed by atoms with E-state index in [1.807, 2.05) is 12.1 Å². The second-order valence-electron chi connectivity index (χ2n) is 9.60. The summed E-state index contributed by atoms with van der Waals surface area (Å²) in [7, 11) is 0. The van der Waals surface area contributed by atoms with Crippen LogP contribution in [0.3, 0.4) is 0 Å². The quantitative estimate of drug-likeness (QED) is 0.614. The van der Waals surface area contributed by atoms with Gasteiger partial charge in [-0.3, -0.25) is 0 Å². The van der Waals surface area contributed by atoms with Crippen molar-refractivity contribution in [1.29, 1.82) is 0 Å². The topological polar surface area (TPSA) is 20.2 Å². The second-order valence-corrected chi connectivity index (χ2v) is 9.60. The predicted octanol–water partition coefficient (Wildman–Crippen LogP) is 7.20. The molecule has 3 aliphatic rings. The van der Waals surface area contributed by atoms with Crippen molar-refractivity contribution in [2.75, 3.05) is 0 Å². The second kappa shape index (κ2) is 6.97. The highest BCUT2D eigenvalue weighted by molar-refractivity contribution is 5.32. The summed E-state index contributed by atoms with van der Waals surface area (Å²) in [6.07, 6.45) is 18.6. The van der Waals surface area contributed by atoms with Crippen LogP contribution in [0.4, 0.5) is 0 Å². The number of hydrogen-bond acceptors (Lipinski definition) is 1. The standard InChI is InChI=1S/C24H36O/c1-23(15-5-2-6-16-23)24(17-7-8-18-24)22(19-9-3-4-10-19)20-11-13-21(25)14-12-20/h11-14,19,22,25H,2-10,15-18H2,1H3. The Balaban J connectivity index is 1.78. The highest BCUT2D eigenvalue weighted by Gasteiger charge is 2.55. The van der Waals surface area contributed by atoms with Crippen molar-refractivity contribution in [3.63, 3.8) is 0 Å². The highest BCUT2D eigenvalue weighted by atomic mass is 16.3. The van der Waals surface area contributed by atoms with Crippen LogP contribution in [0.1, 0.15) is 102 Å². The fourth-order valence-electron chi connectivity index (χ4n) is 7.14. The van der Waals surface area contributed by atoms with Crippen LogP contribution in [0, 0.1) is 16.7 Å². The highest BCUT2D eigenvalue weighted by Crippen LogP contribution is 2.66. The summed E-state index contributed by atoms with van der Waals surface area (Å²) >= 11 is 0. The molecule has 0 amide bonds. The molecule has 3 saturated carbocycles. The molecule has 138 valence electrons. The van der Waals surface area contributed by atoms with Gasteiger partial charge >= 0.3 is 0 Å². The number of benzene rings is 1. The average Bonchev–Trinajstić information content (AvgIpc) is 3.31. The first kappa shape index (κ1) is 17.4. The molecule has 4 rings (SSSR count). The van der Waals surface area contributed by atoms with Gasteiger partial charge in [-0.1, -0.05) is 64.0 Å². The Bertz CT molecular complexity index is 554. The maximum atomic E-state index is 9.83. The SMILES string of the molecule is CC1(C2(C(c3ccc(O)cc3)C3CCCC3)CCCC2)CCCCC1. The molecule has 0 bridgehead atoms. The van der Waals surface area contributed by atoms with Gasteiger partial charge in [0, 0.05) is 0 Å². The number of phenols is 1. The summed E-state index contributed by atoms with van der Waals surface area (Å²) < 4.78 is 0. The Labute approximate surface area is 154 Å². The summed E-state index contributed by atoms with van der Waals surface area (Å²) in [5.74, 6) is 1.99. The Morgan fingerprint density at radius 3 is 1.96 bits per heavy atom. The molecular formula is C24H36O. The molecule has 3 aliphatic carbocycles. The van der Waals surface area contributed by atoms with Crippen molar-refractivity contribution in [2.45, 2.75) is 96.3 Å². The average molecular weight is 341 g/mol. The van der Waals surface area contributed by atoms with E-state index in [-0.39, 0.29) is 0 Å². The third-order valence-corrected chi connectivity index (χ3v) is 8.37. The van der Waals surface area contributed by atoms with E-state index in [0.717, 1.165) is 5.92 Å². The molecule has 1 atom stereocenters. The first-order valence-electron chi connectivity index (χ1n) is 10.9. The van der Waals surface area contributed by atoms with Crippen molar-refractivity contribution in [2.24, 2.45) is 16.7 Å². The van der Waals surface area contributed by atoms with E-state index in [1.165, 1.54) is 89.0 Å². The minimum atomic E-state index is 0.415. The van der Waals surface area contributed by atoms with E-state index in [0.29, 0.717) is 22.5 Å². The molecule has 0 heterocycles. The lowest BCUT2D eigenvalue weighted by Crippen LogP contribution is -2.46. The van der Waals surface area contributed by atoms with Crippen LogP contribution < -0.4 is 0 Å². The molecule has 25 heavy (non-hydrogen) atoms. The third-order valence-electron chi connectivity index (χ3n) is 8.37. The van der Waals surface area contributed by atoms with Crippen molar-refractivity contribution in [3.8, 4) is 5.75 Å². The van der Waals surface area contributed by atoms with Gasteiger partial charge in [-0.25, -0.2) is 0 Å². The monoisotopic (exact) mass is 340 g/mol. The van der Waals surface area contributed by atoms with E-state index >= 15 is 0 Å². The van der Waals surface area contributed by atoms with Crippen molar-refractivity contribution < 1.29 is 5.11 Å². The minimum Gasteiger partial charge on any atom is -0.508 e. The predicted molar refractivity (Wildman–Crippen MR) is 105 cm³/mol. The van der Waals surface area contributed by atoms with Crippen LogP contribution in [0.2, 0.25) is 0 Å². The zero-order valence-electron chi connectivity index (χ0n) is 16.1. The van der Waals surface area contributed by atoms with E-state index in [2.05, 4.69) is 19.1 Å². The number of aromatic hydroxyl groups is 1. The van der Waals surface area contributed by atoms with Gasteiger partial charge in [-0.15, -0.1) is 0 Å². The molecule has 3 fully saturated rings. The zero-order valence-corrected chi connectivity index (χ0v) is 16.1. The molecule has 0 aromatic heterocycles. The minimum absolute atomic E-state index is 0.415. The molecule has 1 heteroatoms. The Morgan fingerprint density at radius 1 is 0.800 bits per heavy atom. The fourth-order valence-corrected chi connectivity index (χ4v) is 7.14. The fraction of sp³-hybridized carbons (Fsp3) is 0.750. The Morgan fingerprint density at radius 2 is 1.36 bits per heavy atom. The van der Waals surface area contributed by atoms with E-state index in [1.54, 1.807) is 0 Å². The van der Waals surface area contributed by atoms with Gasteiger partial charge in [-0.05, 0) is 78.9 Å². The molecule has 0 spiro atoms. The van der Waals surface area contributed by atoms with Gasteiger partial charge in [0.15, 0.2) is 0 Å². The maximum Gasteiger partial charge on any atom is 0.115 e. The normalized spacial score (nSPS) is 27.4. The number of hydrogen-bond donors (Lipinski definition) is 1. The summed E-state index contributed by atoms with van der Waals surface area (Å²) in [4.78, 5) is 0. The first-order chi connectivity index (χ1) is 12.1. The molecule has 1 aromatic carbocycles. The van der Waals surface area contributed by atoms with Crippen LogP contribution in [-0.4, -0.2) is 5.11 Å². The van der Waals surface area contributed by atoms with Gasteiger partial charge in [0.25, 0.3) is 0 Å². The number of rotatable bonds is 4. The van der Waals surface area contributed by atoms with E-state index < -0.39 is 0 Å². The van der Waals surface area contributed by atoms with Crippen LogP contribution >= 0.6 is 0 Å². The van der Waals surface area contributed by atoms with Gasteiger partial charge < -0.3 is 5.11 Å². The van der Waals surface area contributed by atoms with Gasteiger partial charge in [0.1, 0.15) is 5.75 Å². The molecule has 0 saturated heterocycles. The summed E-state index contributed by atoms with van der Waals surface area (Å²) in [6.45, 7) is 2.65. The van der Waals surface area contributed by atoms with Crippen LogP contribution in [0.25, 0.3) is 0 Å². The van der Waals surface area contributed by atoms with Crippen LogP contribution in [-0.2, 0) is 0 Å². The van der Waals surface area contributed by atoms with Crippen LogP contribution in [0.15, 0.2) is 24.3 Å². The molecular weight excluding hydrogens is 304 g/mol. The lowest BCUT2D eigenvalue weighted by atomic mass is 9.49. The summed E-state index contributed by atoms with van der Waals surface area (Å²) in [6, 6.07) is 8.38. The lowest BCUT2D eigenvalue weighted by Gasteiger charge is -2.55. The van der Waals surface area contributed by atoms with Gasteiger partial charge in [0.05, 0.1) is 0 Å². The molecule has 1 aromatic rings. The largest absolute Gasteiger partial charge is 0.508 e. The molecule has 0 aliphatic heterocycles. The Kier molecular flexibility index (Phi) is 4.86.